The van der Waals surface area contributed by atoms with Gasteiger partial charge in [-0.05, 0) is 80.0 Å². The zero-order chi connectivity index (χ0) is 28.4. The summed E-state index contributed by atoms with van der Waals surface area (Å²) in [6.07, 6.45) is 7.41. The summed E-state index contributed by atoms with van der Waals surface area (Å²) >= 11 is 6.03. The first-order valence-electron chi connectivity index (χ1n) is 14.4. The molecule has 0 radical (unpaired) electrons. The van der Waals surface area contributed by atoms with Crippen LogP contribution in [0.2, 0.25) is 5.02 Å². The number of piperidine rings is 1. The van der Waals surface area contributed by atoms with Gasteiger partial charge in [0.25, 0.3) is 0 Å². The lowest BCUT2D eigenvalue weighted by atomic mass is 9.47. The van der Waals surface area contributed by atoms with Gasteiger partial charge in [0.1, 0.15) is 0 Å². The third-order valence-electron chi connectivity index (χ3n) is 9.81. The standard InChI is InChI=1S/C32H33ClN2O6/c1-39-27(38)18-40-24-10-7-21-16-25-32(34-26(37)11-6-19-4-8-22(33)9-5-19)13-12-23(36)30-31(32,28(21)29(24)41-30)14-15-35(25)17-20-2-3-20/h4-11,20,25,30H,2-3,12-18H2,1H3,(H,34,37)/b11-6+/t25-,30+,31+,32-/m1/s1. The van der Waals surface area contributed by atoms with Gasteiger partial charge in [0.05, 0.1) is 18.1 Å². The van der Waals surface area contributed by atoms with E-state index in [9.17, 15) is 14.4 Å². The fourth-order valence-electron chi connectivity index (χ4n) is 7.87. The van der Waals surface area contributed by atoms with Gasteiger partial charge >= 0.3 is 5.97 Å². The molecule has 0 unspecified atom stereocenters. The van der Waals surface area contributed by atoms with E-state index in [4.69, 9.17) is 25.8 Å². The molecule has 2 saturated carbocycles. The van der Waals surface area contributed by atoms with Crippen molar-refractivity contribution >= 4 is 35.3 Å². The zero-order valence-corrected chi connectivity index (χ0v) is 23.7. The monoisotopic (exact) mass is 576 g/mol. The Morgan fingerprint density at radius 3 is 2.73 bits per heavy atom. The minimum Gasteiger partial charge on any atom is -0.478 e. The average molecular weight is 577 g/mol. The molecule has 8 nitrogen and oxygen atoms in total. The van der Waals surface area contributed by atoms with Gasteiger partial charge in [-0.1, -0.05) is 29.8 Å². The molecule has 2 heterocycles. The molecule has 5 aliphatic rings. The Balaban J connectivity index is 1.31. The van der Waals surface area contributed by atoms with E-state index in [0.717, 1.165) is 36.2 Å². The van der Waals surface area contributed by atoms with Crippen molar-refractivity contribution in [1.82, 2.24) is 10.2 Å². The van der Waals surface area contributed by atoms with E-state index < -0.39 is 23.0 Å². The number of ketones is 1. The number of rotatable bonds is 8. The Hall–Kier alpha value is -3.36. The molecule has 2 aromatic rings. The predicted octanol–water partition coefficient (Wildman–Crippen LogP) is 3.86. The van der Waals surface area contributed by atoms with Gasteiger partial charge in [-0.15, -0.1) is 0 Å². The summed E-state index contributed by atoms with van der Waals surface area (Å²) < 4.78 is 17.2. The van der Waals surface area contributed by atoms with E-state index in [1.165, 1.54) is 20.0 Å². The van der Waals surface area contributed by atoms with Crippen LogP contribution in [0.25, 0.3) is 6.08 Å². The molecule has 9 heteroatoms. The third-order valence-corrected chi connectivity index (χ3v) is 10.1. The number of likely N-dealkylation sites (tertiary alicyclic amines) is 1. The van der Waals surface area contributed by atoms with Crippen molar-refractivity contribution in [2.45, 2.75) is 61.6 Å². The number of hydrogen-bond donors (Lipinski definition) is 1. The van der Waals surface area contributed by atoms with E-state index in [1.807, 2.05) is 24.3 Å². The highest BCUT2D eigenvalue weighted by molar-refractivity contribution is 6.30. The number of methoxy groups -OCH3 is 1. The number of ether oxygens (including phenoxy) is 3. The highest BCUT2D eigenvalue weighted by Crippen LogP contribution is 2.65. The van der Waals surface area contributed by atoms with Crippen molar-refractivity contribution in [2.24, 2.45) is 5.92 Å². The molecule has 2 aromatic carbocycles. The summed E-state index contributed by atoms with van der Waals surface area (Å²) in [4.78, 5) is 41.7. The Morgan fingerprint density at radius 2 is 1.98 bits per heavy atom. The first kappa shape index (κ1) is 26.5. The fourth-order valence-corrected chi connectivity index (χ4v) is 7.99. The summed E-state index contributed by atoms with van der Waals surface area (Å²) in [5.74, 6) is 0.990. The third kappa shape index (κ3) is 4.17. The Kier molecular flexibility index (Phi) is 6.39. The Bertz CT molecular complexity index is 1450. The highest BCUT2D eigenvalue weighted by atomic mass is 35.5. The number of nitrogens with one attached hydrogen (secondary N) is 1. The second-order valence-electron chi connectivity index (χ2n) is 12.0. The Labute approximate surface area is 244 Å². The maximum Gasteiger partial charge on any atom is 0.343 e. The molecular weight excluding hydrogens is 544 g/mol. The molecule has 2 aliphatic heterocycles. The van der Waals surface area contributed by atoms with Crippen LogP contribution in [-0.2, 0) is 31.0 Å². The van der Waals surface area contributed by atoms with Crippen LogP contribution >= 0.6 is 11.6 Å². The quantitative estimate of drug-likeness (QED) is 0.377. The van der Waals surface area contributed by atoms with Gasteiger partial charge in [-0.3, -0.25) is 14.5 Å². The zero-order valence-electron chi connectivity index (χ0n) is 23.0. The topological polar surface area (TPSA) is 94.2 Å². The van der Waals surface area contributed by atoms with Crippen LogP contribution in [0.15, 0.2) is 42.5 Å². The molecule has 0 aromatic heterocycles. The van der Waals surface area contributed by atoms with Crippen LogP contribution in [0, 0.1) is 5.92 Å². The van der Waals surface area contributed by atoms with Gasteiger partial charge in [-0.25, -0.2) is 4.79 Å². The normalized spacial score (nSPS) is 29.6. The molecule has 7 rings (SSSR count). The number of Topliss-reactive ketones (excluding diaryl/α,β-unsaturated/α-hetero) is 1. The van der Waals surface area contributed by atoms with Crippen LogP contribution in [0.1, 0.15) is 48.8 Å². The molecule has 3 aliphatic carbocycles. The van der Waals surface area contributed by atoms with Crippen molar-refractivity contribution in [1.29, 1.82) is 0 Å². The van der Waals surface area contributed by atoms with E-state index in [0.29, 0.717) is 41.7 Å². The maximum absolute atomic E-state index is 13.7. The minimum absolute atomic E-state index is 0.0317. The summed E-state index contributed by atoms with van der Waals surface area (Å²) in [7, 11) is 1.31. The largest absolute Gasteiger partial charge is 0.478 e. The minimum atomic E-state index is -0.723. The molecule has 214 valence electrons. The number of carbonyl (C=O) groups excluding carboxylic acids is 3. The van der Waals surface area contributed by atoms with Crippen molar-refractivity contribution in [3.05, 3.63) is 64.2 Å². The van der Waals surface area contributed by atoms with Crippen LogP contribution in [0.3, 0.4) is 0 Å². The number of esters is 1. The lowest BCUT2D eigenvalue weighted by Crippen LogP contribution is -2.81. The number of benzene rings is 2. The average Bonchev–Trinajstić information content (AvgIpc) is 3.72. The second kappa shape index (κ2) is 9.88. The summed E-state index contributed by atoms with van der Waals surface area (Å²) in [6, 6.07) is 11.2. The first-order chi connectivity index (χ1) is 19.8. The predicted molar refractivity (Wildman–Crippen MR) is 152 cm³/mol. The number of nitrogens with zero attached hydrogens (tertiary/aromatic N) is 1. The van der Waals surface area contributed by atoms with Crippen LogP contribution in [0.4, 0.5) is 0 Å². The smallest absolute Gasteiger partial charge is 0.343 e. The van der Waals surface area contributed by atoms with Crippen molar-refractivity contribution in [3.8, 4) is 11.5 Å². The van der Waals surface area contributed by atoms with E-state index in [2.05, 4.69) is 10.2 Å². The SMILES string of the molecule is COC(=O)COc1ccc2c3c1O[C@H]1C(=O)CC[C@@]4(NC(=O)/C=C/c5ccc(Cl)cc5)[C@@H](C2)N(CC2CC2)CC[C@]314. The van der Waals surface area contributed by atoms with E-state index in [1.54, 1.807) is 24.3 Å². The molecular formula is C32H33ClN2O6. The van der Waals surface area contributed by atoms with Crippen LogP contribution in [0.5, 0.6) is 11.5 Å². The van der Waals surface area contributed by atoms with Gasteiger partial charge in [0.15, 0.2) is 30.0 Å². The molecule has 1 amide bonds. The number of halogens is 1. The highest BCUT2D eigenvalue weighted by Gasteiger charge is 2.74. The van der Waals surface area contributed by atoms with Crippen molar-refractivity contribution in [3.63, 3.8) is 0 Å². The van der Waals surface area contributed by atoms with Crippen LogP contribution in [-0.4, -0.2) is 67.1 Å². The van der Waals surface area contributed by atoms with Gasteiger partial charge in [0.2, 0.25) is 5.91 Å². The number of carbonyl (C=O) groups is 3. The molecule has 41 heavy (non-hydrogen) atoms. The maximum atomic E-state index is 13.7. The van der Waals surface area contributed by atoms with Crippen LogP contribution < -0.4 is 14.8 Å². The molecule has 1 N–H and O–H groups in total. The van der Waals surface area contributed by atoms with E-state index in [-0.39, 0.29) is 24.3 Å². The fraction of sp³-hybridized carbons (Fsp3) is 0.469. The number of amides is 1. The van der Waals surface area contributed by atoms with Gasteiger partial charge in [-0.2, -0.15) is 0 Å². The molecule has 4 atom stereocenters. The lowest BCUT2D eigenvalue weighted by molar-refractivity contribution is -0.148. The lowest BCUT2D eigenvalue weighted by Gasteiger charge is -2.65. The molecule has 1 saturated heterocycles. The second-order valence-corrected chi connectivity index (χ2v) is 12.4. The summed E-state index contributed by atoms with van der Waals surface area (Å²) in [6.45, 7) is 1.58. The first-order valence-corrected chi connectivity index (χ1v) is 14.8. The molecule has 3 fully saturated rings. The van der Waals surface area contributed by atoms with Gasteiger partial charge < -0.3 is 19.5 Å². The van der Waals surface area contributed by atoms with E-state index >= 15 is 0 Å². The molecule has 2 bridgehead atoms. The van der Waals surface area contributed by atoms with Gasteiger partial charge in [0, 0.05) is 35.7 Å². The summed E-state index contributed by atoms with van der Waals surface area (Å²) in [5, 5.41) is 4.13. The van der Waals surface area contributed by atoms with Crippen molar-refractivity contribution < 1.29 is 28.6 Å². The Morgan fingerprint density at radius 1 is 1.17 bits per heavy atom. The number of hydrogen-bond acceptors (Lipinski definition) is 7. The van der Waals surface area contributed by atoms with Crippen molar-refractivity contribution in [2.75, 3.05) is 26.8 Å². The molecule has 1 spiro atoms. The summed E-state index contributed by atoms with van der Waals surface area (Å²) in [5.41, 5.74) is 1.54.